The molecule has 3 rings (SSSR count). The van der Waals surface area contributed by atoms with Gasteiger partial charge in [-0.3, -0.25) is 10.1 Å². The highest BCUT2D eigenvalue weighted by molar-refractivity contribution is 9.10. The van der Waals surface area contributed by atoms with Gasteiger partial charge in [0.15, 0.2) is 17.2 Å². The molecule has 6 nitrogen and oxygen atoms in total. The number of fused-ring (bicyclic) bond motifs is 1. The number of halogens is 2. The number of benzene rings is 2. The molecule has 2 aromatic carbocycles. The van der Waals surface area contributed by atoms with Crippen molar-refractivity contribution in [3.8, 4) is 17.2 Å². The Balaban J connectivity index is 1.83. The van der Waals surface area contributed by atoms with Gasteiger partial charge in [0.2, 0.25) is 6.79 Å². The topological polar surface area (TPSA) is 70.8 Å². The van der Waals surface area contributed by atoms with E-state index in [1.165, 1.54) is 12.1 Å². The van der Waals surface area contributed by atoms with Gasteiger partial charge in [-0.05, 0) is 24.3 Å². The number of rotatable bonds is 4. The Hall–Kier alpha value is -1.99. The second kappa shape index (κ2) is 6.02. The average Bonchev–Trinajstić information content (AvgIpc) is 2.92. The maximum Gasteiger partial charge on any atom is 0.312 e. The van der Waals surface area contributed by atoms with Crippen LogP contribution in [0, 0.1) is 10.1 Å². The van der Waals surface area contributed by atoms with Crippen LogP contribution in [0.2, 0.25) is 5.02 Å². The number of nitro groups is 1. The van der Waals surface area contributed by atoms with Crippen LogP contribution in [-0.2, 0) is 6.61 Å². The third-order valence-electron chi connectivity index (χ3n) is 3.04. The molecule has 0 atom stereocenters. The van der Waals surface area contributed by atoms with E-state index in [1.54, 1.807) is 18.2 Å². The molecule has 0 N–H and O–H groups in total. The summed E-state index contributed by atoms with van der Waals surface area (Å²) in [5.74, 6) is 1.42. The van der Waals surface area contributed by atoms with E-state index in [9.17, 15) is 10.1 Å². The fourth-order valence-corrected chi connectivity index (χ4v) is 2.58. The minimum Gasteiger partial charge on any atom is -0.482 e. The first-order valence-corrected chi connectivity index (χ1v) is 7.36. The van der Waals surface area contributed by atoms with Crippen LogP contribution in [0.3, 0.4) is 0 Å². The summed E-state index contributed by atoms with van der Waals surface area (Å²) in [5, 5.41) is 11.3. The largest absolute Gasteiger partial charge is 0.482 e. The second-order valence-corrected chi connectivity index (χ2v) is 5.75. The van der Waals surface area contributed by atoms with Crippen LogP contribution >= 0.6 is 27.5 Å². The Morgan fingerprint density at radius 1 is 1.27 bits per heavy atom. The fourth-order valence-electron chi connectivity index (χ4n) is 1.98. The zero-order valence-electron chi connectivity index (χ0n) is 11.0. The van der Waals surface area contributed by atoms with Crippen LogP contribution in [0.15, 0.2) is 34.8 Å². The number of nitro benzene ring substituents is 1. The van der Waals surface area contributed by atoms with E-state index in [0.29, 0.717) is 11.5 Å². The number of hydrogen-bond acceptors (Lipinski definition) is 5. The minimum atomic E-state index is -0.532. The van der Waals surface area contributed by atoms with Gasteiger partial charge >= 0.3 is 5.69 Å². The minimum absolute atomic E-state index is 0.139. The quantitative estimate of drug-likeness (QED) is 0.578. The summed E-state index contributed by atoms with van der Waals surface area (Å²) in [6, 6.07) is 7.82. The summed E-state index contributed by atoms with van der Waals surface area (Å²) < 4.78 is 16.9. The zero-order valence-corrected chi connectivity index (χ0v) is 13.4. The van der Waals surface area contributed by atoms with Gasteiger partial charge in [0, 0.05) is 21.1 Å². The van der Waals surface area contributed by atoms with Crippen LogP contribution in [0.1, 0.15) is 5.56 Å². The highest BCUT2D eigenvalue weighted by atomic mass is 79.9. The molecule has 0 saturated carbocycles. The van der Waals surface area contributed by atoms with Crippen molar-refractivity contribution >= 4 is 33.2 Å². The second-order valence-electron chi connectivity index (χ2n) is 4.45. The van der Waals surface area contributed by atoms with Crippen LogP contribution in [0.25, 0.3) is 0 Å². The maximum atomic E-state index is 11.0. The summed E-state index contributed by atoms with van der Waals surface area (Å²) in [6.07, 6.45) is 0. The molecule has 2 aromatic rings. The van der Waals surface area contributed by atoms with Crippen LogP contribution < -0.4 is 14.2 Å². The third-order valence-corrected chi connectivity index (χ3v) is 4.02. The molecule has 8 heteroatoms. The summed E-state index contributed by atoms with van der Waals surface area (Å²) in [7, 11) is 0. The summed E-state index contributed by atoms with van der Waals surface area (Å²) in [5.41, 5.74) is 0.609. The number of hydrogen-bond donors (Lipinski definition) is 0. The van der Waals surface area contributed by atoms with E-state index in [0.717, 1.165) is 10.0 Å². The van der Waals surface area contributed by atoms with Gasteiger partial charge in [-0.1, -0.05) is 27.5 Å². The SMILES string of the molecule is O=[N+]([O-])c1cc(Cl)ccc1OCc1cc2c(cc1Br)OCO2. The van der Waals surface area contributed by atoms with Gasteiger partial charge < -0.3 is 14.2 Å². The molecule has 0 saturated heterocycles. The first kappa shape index (κ1) is 14.9. The number of ether oxygens (including phenoxy) is 3. The highest BCUT2D eigenvalue weighted by Gasteiger charge is 2.19. The Labute approximate surface area is 138 Å². The molecule has 0 aliphatic carbocycles. The Morgan fingerprint density at radius 3 is 2.73 bits per heavy atom. The predicted octanol–water partition coefficient (Wildman–Crippen LogP) is 4.32. The van der Waals surface area contributed by atoms with Crippen molar-refractivity contribution in [2.24, 2.45) is 0 Å². The molecule has 0 bridgehead atoms. The molecule has 0 radical (unpaired) electrons. The van der Waals surface area contributed by atoms with Crippen LogP contribution in [-0.4, -0.2) is 11.7 Å². The summed E-state index contributed by atoms with van der Waals surface area (Å²) >= 11 is 9.18. The Bertz CT molecular complexity index is 752. The van der Waals surface area contributed by atoms with Crippen molar-refractivity contribution in [1.29, 1.82) is 0 Å². The lowest BCUT2D eigenvalue weighted by Crippen LogP contribution is -2.00. The summed E-state index contributed by atoms with van der Waals surface area (Å²) in [6.45, 7) is 0.314. The molecular weight excluding hydrogens is 378 g/mol. The molecule has 1 aliphatic heterocycles. The normalized spacial score (nSPS) is 12.3. The van der Waals surface area contributed by atoms with E-state index in [-0.39, 0.29) is 29.9 Å². The molecule has 0 unspecified atom stereocenters. The van der Waals surface area contributed by atoms with E-state index in [2.05, 4.69) is 15.9 Å². The van der Waals surface area contributed by atoms with Gasteiger partial charge in [0.05, 0.1) is 4.92 Å². The smallest absolute Gasteiger partial charge is 0.312 e. The van der Waals surface area contributed by atoms with Crippen molar-refractivity contribution in [1.82, 2.24) is 0 Å². The maximum absolute atomic E-state index is 11.0. The Kier molecular flexibility index (Phi) is 4.08. The lowest BCUT2D eigenvalue weighted by atomic mass is 10.2. The third kappa shape index (κ3) is 2.95. The van der Waals surface area contributed by atoms with Gasteiger partial charge in [-0.25, -0.2) is 0 Å². The predicted molar refractivity (Wildman–Crippen MR) is 82.7 cm³/mol. The fraction of sp³-hybridized carbons (Fsp3) is 0.143. The standard InChI is InChI=1S/C14H9BrClNO5/c15-10-5-14-13(21-7-22-14)3-8(10)6-20-12-2-1-9(16)4-11(12)17(18)19/h1-5H,6-7H2. The van der Waals surface area contributed by atoms with E-state index >= 15 is 0 Å². The first-order chi connectivity index (χ1) is 10.5. The van der Waals surface area contributed by atoms with Gasteiger partial charge in [0.25, 0.3) is 0 Å². The van der Waals surface area contributed by atoms with Crippen molar-refractivity contribution in [3.05, 3.63) is 55.5 Å². The van der Waals surface area contributed by atoms with E-state index < -0.39 is 4.92 Å². The highest BCUT2D eigenvalue weighted by Crippen LogP contribution is 2.38. The lowest BCUT2D eigenvalue weighted by molar-refractivity contribution is -0.385. The molecule has 0 fully saturated rings. The number of nitrogens with zero attached hydrogens (tertiary/aromatic N) is 1. The van der Waals surface area contributed by atoms with E-state index in [4.69, 9.17) is 25.8 Å². The van der Waals surface area contributed by atoms with Gasteiger partial charge in [0.1, 0.15) is 6.61 Å². The van der Waals surface area contributed by atoms with Gasteiger partial charge in [-0.15, -0.1) is 0 Å². The summed E-state index contributed by atoms with van der Waals surface area (Å²) in [4.78, 5) is 10.5. The van der Waals surface area contributed by atoms with Crippen molar-refractivity contribution in [2.45, 2.75) is 6.61 Å². The van der Waals surface area contributed by atoms with Crippen molar-refractivity contribution < 1.29 is 19.1 Å². The zero-order chi connectivity index (χ0) is 15.7. The van der Waals surface area contributed by atoms with Crippen molar-refractivity contribution in [3.63, 3.8) is 0 Å². The lowest BCUT2D eigenvalue weighted by Gasteiger charge is -2.09. The Morgan fingerprint density at radius 2 is 2.00 bits per heavy atom. The monoisotopic (exact) mass is 385 g/mol. The molecule has 22 heavy (non-hydrogen) atoms. The van der Waals surface area contributed by atoms with Crippen LogP contribution in [0.4, 0.5) is 5.69 Å². The first-order valence-electron chi connectivity index (χ1n) is 6.19. The molecule has 0 aromatic heterocycles. The average molecular weight is 387 g/mol. The molecule has 0 spiro atoms. The molecule has 0 amide bonds. The molecular formula is C14H9BrClNO5. The molecule has 1 aliphatic rings. The van der Waals surface area contributed by atoms with Crippen molar-refractivity contribution in [2.75, 3.05) is 6.79 Å². The molecule has 114 valence electrons. The van der Waals surface area contributed by atoms with Gasteiger partial charge in [-0.2, -0.15) is 0 Å². The van der Waals surface area contributed by atoms with Crippen LogP contribution in [0.5, 0.6) is 17.2 Å². The molecule has 1 heterocycles. The van der Waals surface area contributed by atoms with E-state index in [1.807, 2.05) is 0 Å².